The van der Waals surface area contributed by atoms with Gasteiger partial charge in [0, 0.05) is 6.07 Å². The third kappa shape index (κ3) is 16.8. The van der Waals surface area contributed by atoms with Crippen LogP contribution < -0.4 is 47.4 Å². The molecule has 5 aromatic rings. The second-order valence-corrected chi connectivity index (χ2v) is 11.8. The minimum absolute atomic E-state index is 0.635. The lowest BCUT2D eigenvalue weighted by molar-refractivity contribution is 0.324. The molecule has 5 rings (SSSR count). The van der Waals surface area contributed by atoms with Gasteiger partial charge in [-0.15, -0.1) is 0 Å². The first-order valence-corrected chi connectivity index (χ1v) is 17.3. The Bertz CT molecular complexity index is 1770. The summed E-state index contributed by atoms with van der Waals surface area (Å²) in [6.45, 7) is 10.0. The summed E-state index contributed by atoms with van der Waals surface area (Å²) < 4.78 is 50.8. The molecule has 0 N–H and O–H groups in total. The average molecular weight is 761 g/mol. The average Bonchev–Trinajstić information content (AvgIpc) is 3.21. The van der Waals surface area contributed by atoms with Crippen LogP contribution in [-0.2, 0) is 0 Å². The Labute approximate surface area is 328 Å². The molecule has 300 valence electrons. The molecule has 0 saturated heterocycles. The first-order valence-electron chi connectivity index (χ1n) is 17.3. The molecular formula is C45H60O10. The van der Waals surface area contributed by atoms with Gasteiger partial charge in [0.25, 0.3) is 0 Å². The predicted octanol–water partition coefficient (Wildman–Crippen LogP) is 10.1. The number of hydrogen-bond donors (Lipinski definition) is 0. The Morgan fingerprint density at radius 3 is 1.07 bits per heavy atom. The molecule has 10 nitrogen and oxygen atoms in total. The van der Waals surface area contributed by atoms with E-state index in [4.69, 9.17) is 47.4 Å². The predicted molar refractivity (Wildman–Crippen MR) is 221 cm³/mol. The lowest BCUT2D eigenvalue weighted by Crippen LogP contribution is -1.95. The monoisotopic (exact) mass is 760 g/mol. The van der Waals surface area contributed by atoms with Crippen LogP contribution in [-0.4, -0.2) is 71.1 Å². The molecule has 55 heavy (non-hydrogen) atoms. The van der Waals surface area contributed by atoms with Crippen molar-refractivity contribution in [3.05, 3.63) is 119 Å². The number of methoxy groups -OCH3 is 10. The van der Waals surface area contributed by atoms with Crippen LogP contribution in [0.2, 0.25) is 0 Å². The molecule has 0 saturated carbocycles. The molecule has 10 heteroatoms. The number of hydrogen-bond acceptors (Lipinski definition) is 10. The van der Waals surface area contributed by atoms with Gasteiger partial charge in [-0.2, -0.15) is 0 Å². The van der Waals surface area contributed by atoms with Crippen LogP contribution in [0.4, 0.5) is 0 Å². The van der Waals surface area contributed by atoms with Gasteiger partial charge in [-0.1, -0.05) is 23.8 Å². The molecule has 0 fully saturated rings. The van der Waals surface area contributed by atoms with E-state index >= 15 is 0 Å². The number of benzene rings is 5. The molecule has 0 aliphatic heterocycles. The third-order valence-corrected chi connectivity index (χ3v) is 7.70. The summed E-state index contributed by atoms with van der Waals surface area (Å²) in [6.07, 6.45) is 0. The maximum absolute atomic E-state index is 5.16. The van der Waals surface area contributed by atoms with Gasteiger partial charge in [0.05, 0.1) is 71.1 Å². The minimum atomic E-state index is 0.635. The number of ether oxygens (including phenoxy) is 10. The second-order valence-electron chi connectivity index (χ2n) is 11.8. The number of rotatable bonds is 10. The fraction of sp³-hybridized carbons (Fsp3) is 0.333. The minimum Gasteiger partial charge on any atom is -0.497 e. The maximum Gasteiger partial charge on any atom is 0.203 e. The summed E-state index contributed by atoms with van der Waals surface area (Å²) in [5.74, 6) is 7.93. The van der Waals surface area contributed by atoms with Crippen molar-refractivity contribution in [1.82, 2.24) is 0 Å². The highest BCUT2D eigenvalue weighted by Crippen LogP contribution is 2.37. The fourth-order valence-electron chi connectivity index (χ4n) is 4.76. The van der Waals surface area contributed by atoms with Gasteiger partial charge in [0.1, 0.15) is 28.7 Å². The molecule has 0 atom stereocenters. The van der Waals surface area contributed by atoms with Crippen molar-refractivity contribution < 1.29 is 47.4 Å². The van der Waals surface area contributed by atoms with Gasteiger partial charge in [0.15, 0.2) is 23.0 Å². The van der Waals surface area contributed by atoms with Crippen molar-refractivity contribution in [1.29, 1.82) is 0 Å². The first kappa shape index (κ1) is 47.1. The summed E-state index contributed by atoms with van der Waals surface area (Å²) in [6, 6.07) is 29.1. The zero-order valence-corrected chi connectivity index (χ0v) is 35.2. The van der Waals surface area contributed by atoms with E-state index in [9.17, 15) is 0 Å². The molecule has 0 unspecified atom stereocenters. The summed E-state index contributed by atoms with van der Waals surface area (Å²) in [4.78, 5) is 0. The maximum atomic E-state index is 5.16. The van der Waals surface area contributed by atoms with E-state index in [1.807, 2.05) is 119 Å². The molecule has 0 heterocycles. The van der Waals surface area contributed by atoms with Crippen molar-refractivity contribution in [2.75, 3.05) is 71.1 Å². The molecule has 0 aromatic heterocycles. The standard InChI is InChI=1S/C10H14O3.3C9H12O2.C8H10O/c1-7-5-8(11-2)10(13-4)9(6-7)12-3;1-7-4-8(10-2)6-9(5-7)11-3;1-7-6-8(10-2)4-5-9(7)11-3;1-7-4-5-8(10-2)9(6-7)11-3;1-7-3-5-8(9-2)6-4-7/h5-6H,1-4H3;3*4-6H,1-3H3;3-6H,1-2H3. The van der Waals surface area contributed by atoms with Gasteiger partial charge < -0.3 is 47.4 Å². The highest BCUT2D eigenvalue weighted by atomic mass is 16.5. The smallest absolute Gasteiger partial charge is 0.203 e. The normalized spacial score (nSPS) is 9.36. The van der Waals surface area contributed by atoms with Crippen LogP contribution >= 0.6 is 0 Å². The van der Waals surface area contributed by atoms with Gasteiger partial charge in [-0.25, -0.2) is 0 Å². The molecule has 0 aliphatic rings. The first-order chi connectivity index (χ1) is 26.4. The van der Waals surface area contributed by atoms with Crippen LogP contribution in [0.15, 0.2) is 91.0 Å². The van der Waals surface area contributed by atoms with Gasteiger partial charge in [-0.05, 0) is 124 Å². The summed E-state index contributed by atoms with van der Waals surface area (Å²) in [5, 5.41) is 0. The largest absolute Gasteiger partial charge is 0.497 e. The molecule has 5 aromatic carbocycles. The van der Waals surface area contributed by atoms with Gasteiger partial charge in [0.2, 0.25) is 5.75 Å². The quantitative estimate of drug-likeness (QED) is 0.137. The Morgan fingerprint density at radius 2 is 0.655 bits per heavy atom. The van der Waals surface area contributed by atoms with Gasteiger partial charge >= 0.3 is 0 Å². The summed E-state index contributed by atoms with van der Waals surface area (Å²) >= 11 is 0. The summed E-state index contributed by atoms with van der Waals surface area (Å²) in [5.41, 5.74) is 5.74. The van der Waals surface area contributed by atoms with Crippen molar-refractivity contribution in [3.8, 4) is 57.5 Å². The topological polar surface area (TPSA) is 92.3 Å². The zero-order chi connectivity index (χ0) is 41.3. The zero-order valence-electron chi connectivity index (χ0n) is 35.2. The molecule has 0 bridgehead atoms. The number of aryl methyl sites for hydroxylation is 5. The van der Waals surface area contributed by atoms with Crippen molar-refractivity contribution >= 4 is 0 Å². The third-order valence-electron chi connectivity index (χ3n) is 7.70. The Morgan fingerprint density at radius 1 is 0.255 bits per heavy atom. The Balaban J connectivity index is 0.000000345. The van der Waals surface area contributed by atoms with E-state index in [1.165, 1.54) is 11.1 Å². The van der Waals surface area contributed by atoms with E-state index in [2.05, 4.69) is 6.92 Å². The van der Waals surface area contributed by atoms with E-state index < -0.39 is 0 Å². The molecule has 0 spiro atoms. The fourth-order valence-corrected chi connectivity index (χ4v) is 4.76. The highest BCUT2D eigenvalue weighted by Gasteiger charge is 2.11. The Kier molecular flexibility index (Phi) is 22.2. The molecule has 0 aliphatic carbocycles. The molecular weight excluding hydrogens is 700 g/mol. The molecule has 0 radical (unpaired) electrons. The SMILES string of the molecule is COc1cc(C)cc(OC)c1.COc1cc(C)cc(OC)c1OC.COc1ccc(C)cc1.COc1ccc(C)cc1OC.COc1ccc(OC)c(C)c1. The van der Waals surface area contributed by atoms with E-state index in [1.54, 1.807) is 71.1 Å². The van der Waals surface area contributed by atoms with Crippen LogP contribution in [0.25, 0.3) is 0 Å². The Hall–Kier alpha value is -5.90. The van der Waals surface area contributed by atoms with Crippen LogP contribution in [0.1, 0.15) is 27.8 Å². The summed E-state index contributed by atoms with van der Waals surface area (Å²) in [7, 11) is 16.4. The van der Waals surface area contributed by atoms with Crippen molar-refractivity contribution in [2.24, 2.45) is 0 Å². The second kappa shape index (κ2) is 26.0. The van der Waals surface area contributed by atoms with Crippen LogP contribution in [0.5, 0.6) is 57.5 Å². The lowest BCUT2D eigenvalue weighted by Gasteiger charge is -2.12. The molecule has 0 amide bonds. The van der Waals surface area contributed by atoms with E-state index in [0.717, 1.165) is 56.9 Å². The lowest BCUT2D eigenvalue weighted by atomic mass is 10.2. The highest BCUT2D eigenvalue weighted by molar-refractivity contribution is 5.53. The van der Waals surface area contributed by atoms with Crippen molar-refractivity contribution in [2.45, 2.75) is 34.6 Å². The van der Waals surface area contributed by atoms with Gasteiger partial charge in [-0.3, -0.25) is 0 Å². The van der Waals surface area contributed by atoms with Crippen LogP contribution in [0.3, 0.4) is 0 Å². The van der Waals surface area contributed by atoms with Crippen molar-refractivity contribution in [3.63, 3.8) is 0 Å². The van der Waals surface area contributed by atoms with E-state index in [0.29, 0.717) is 17.2 Å². The van der Waals surface area contributed by atoms with E-state index in [-0.39, 0.29) is 0 Å². The van der Waals surface area contributed by atoms with Crippen LogP contribution in [0, 0.1) is 34.6 Å².